The van der Waals surface area contributed by atoms with Gasteiger partial charge in [-0.2, -0.15) is 0 Å². The van der Waals surface area contributed by atoms with Crippen molar-refractivity contribution in [3.05, 3.63) is 29.6 Å². The van der Waals surface area contributed by atoms with E-state index in [1.54, 1.807) is 6.07 Å². The molecule has 1 aromatic heterocycles. The van der Waals surface area contributed by atoms with E-state index >= 15 is 0 Å². The highest BCUT2D eigenvalue weighted by Gasteiger charge is 2.23. The molecule has 24 heavy (non-hydrogen) atoms. The van der Waals surface area contributed by atoms with Crippen molar-refractivity contribution < 1.29 is 14.7 Å². The Balaban J connectivity index is 1.54. The molecule has 0 radical (unpaired) electrons. The highest BCUT2D eigenvalue weighted by Crippen LogP contribution is 2.11. The molecule has 0 unspecified atom stereocenters. The minimum atomic E-state index is -0.956. The van der Waals surface area contributed by atoms with Gasteiger partial charge in [0.15, 0.2) is 0 Å². The Bertz CT molecular complexity index is 603. The quantitative estimate of drug-likeness (QED) is 0.818. The Morgan fingerprint density at radius 3 is 2.58 bits per heavy atom. The molecule has 0 aromatic carbocycles. The van der Waals surface area contributed by atoms with Gasteiger partial charge in [-0.1, -0.05) is 0 Å². The molecule has 0 aliphatic carbocycles. The molecule has 1 N–H and O–H groups in total. The minimum Gasteiger partial charge on any atom is -0.478 e. The zero-order valence-corrected chi connectivity index (χ0v) is 13.9. The largest absolute Gasteiger partial charge is 0.478 e. The molecule has 0 atom stereocenters. The summed E-state index contributed by atoms with van der Waals surface area (Å²) in [5, 5.41) is 9.06. The van der Waals surface area contributed by atoms with Gasteiger partial charge in [-0.05, 0) is 38.1 Å². The first kappa shape index (κ1) is 16.9. The molecule has 3 heterocycles. The Labute approximate surface area is 141 Å². The van der Waals surface area contributed by atoms with Gasteiger partial charge in [0.05, 0.1) is 17.8 Å². The normalized spacial score (nSPS) is 19.8. The third-order valence-electron chi connectivity index (χ3n) is 4.70. The number of aromatic nitrogens is 1. The topological polar surface area (TPSA) is 77.0 Å². The molecule has 2 aliphatic rings. The molecular formula is C17H24N4O3. The zero-order valence-electron chi connectivity index (χ0n) is 13.9. The van der Waals surface area contributed by atoms with Gasteiger partial charge in [-0.3, -0.25) is 14.7 Å². The van der Waals surface area contributed by atoms with E-state index in [0.717, 1.165) is 45.7 Å². The van der Waals surface area contributed by atoms with Crippen LogP contribution >= 0.6 is 0 Å². The summed E-state index contributed by atoms with van der Waals surface area (Å²) in [6.45, 7) is 6.58. The lowest BCUT2D eigenvalue weighted by atomic mass is 10.2. The summed E-state index contributed by atoms with van der Waals surface area (Å²) < 4.78 is 0. The van der Waals surface area contributed by atoms with Crippen LogP contribution in [0.5, 0.6) is 0 Å². The van der Waals surface area contributed by atoms with Gasteiger partial charge < -0.3 is 14.9 Å². The maximum Gasteiger partial charge on any atom is 0.335 e. The summed E-state index contributed by atoms with van der Waals surface area (Å²) in [5.41, 5.74) is 0.925. The van der Waals surface area contributed by atoms with E-state index in [9.17, 15) is 9.59 Å². The number of pyridine rings is 1. The number of carbonyl (C=O) groups is 2. The molecule has 2 aliphatic heterocycles. The highest BCUT2D eigenvalue weighted by molar-refractivity contribution is 5.87. The lowest BCUT2D eigenvalue weighted by molar-refractivity contribution is -0.131. The smallest absolute Gasteiger partial charge is 0.335 e. The van der Waals surface area contributed by atoms with Gasteiger partial charge in [-0.25, -0.2) is 4.79 Å². The van der Waals surface area contributed by atoms with E-state index < -0.39 is 5.97 Å². The predicted octanol–water partition coefficient (Wildman–Crippen LogP) is 0.520. The van der Waals surface area contributed by atoms with Gasteiger partial charge in [-0.15, -0.1) is 0 Å². The molecule has 130 valence electrons. The lowest BCUT2D eigenvalue weighted by Crippen LogP contribution is -2.45. The Kier molecular flexibility index (Phi) is 5.42. The third-order valence-corrected chi connectivity index (χ3v) is 4.70. The SMILES string of the molecule is O=C(O)c1ccnc(CN2CCCN(CCN3CCC3)C(=O)C2)c1. The monoisotopic (exact) mass is 332 g/mol. The number of nitrogens with zero attached hydrogens (tertiary/aromatic N) is 4. The van der Waals surface area contributed by atoms with Crippen LogP contribution in [0.2, 0.25) is 0 Å². The van der Waals surface area contributed by atoms with Crippen molar-refractivity contribution in [1.82, 2.24) is 19.7 Å². The van der Waals surface area contributed by atoms with E-state index in [1.165, 1.54) is 18.7 Å². The van der Waals surface area contributed by atoms with Crippen LogP contribution in [0.4, 0.5) is 0 Å². The molecule has 7 nitrogen and oxygen atoms in total. The standard InChI is InChI=1S/C17H24N4O3/c22-16-13-20(12-15-11-14(17(23)24)3-4-18-15)7-2-8-21(16)10-9-19-5-1-6-19/h3-4,11H,1-2,5-10,12-13H2,(H,23,24). The number of likely N-dealkylation sites (tertiary alicyclic amines) is 1. The van der Waals surface area contributed by atoms with Crippen molar-refractivity contribution in [3.63, 3.8) is 0 Å². The van der Waals surface area contributed by atoms with Crippen molar-refractivity contribution in [2.45, 2.75) is 19.4 Å². The second kappa shape index (κ2) is 7.72. The number of carboxylic acid groups (broad SMARTS) is 1. The molecular weight excluding hydrogens is 308 g/mol. The Morgan fingerprint density at radius 1 is 1.12 bits per heavy atom. The summed E-state index contributed by atoms with van der Waals surface area (Å²) in [7, 11) is 0. The van der Waals surface area contributed by atoms with Gasteiger partial charge in [0, 0.05) is 38.9 Å². The fraction of sp³-hybridized carbons (Fsp3) is 0.588. The molecule has 0 saturated carbocycles. The second-order valence-electron chi connectivity index (χ2n) is 6.48. The van der Waals surface area contributed by atoms with Gasteiger partial charge in [0.1, 0.15) is 0 Å². The summed E-state index contributed by atoms with van der Waals surface area (Å²) in [5.74, 6) is -0.801. The van der Waals surface area contributed by atoms with Crippen molar-refractivity contribution in [1.29, 1.82) is 0 Å². The van der Waals surface area contributed by atoms with Crippen molar-refractivity contribution in [2.24, 2.45) is 0 Å². The minimum absolute atomic E-state index is 0.155. The lowest BCUT2D eigenvalue weighted by Gasteiger charge is -2.33. The van der Waals surface area contributed by atoms with Gasteiger partial charge in [0.2, 0.25) is 5.91 Å². The maximum absolute atomic E-state index is 12.5. The maximum atomic E-state index is 12.5. The zero-order chi connectivity index (χ0) is 16.9. The molecule has 7 heteroatoms. The molecule has 1 amide bonds. The molecule has 0 bridgehead atoms. The molecule has 1 aromatic rings. The van der Waals surface area contributed by atoms with Crippen molar-refractivity contribution in [2.75, 3.05) is 45.8 Å². The van der Waals surface area contributed by atoms with E-state index in [0.29, 0.717) is 18.8 Å². The van der Waals surface area contributed by atoms with E-state index in [1.807, 2.05) is 4.90 Å². The average Bonchev–Trinajstić information content (AvgIpc) is 2.68. The van der Waals surface area contributed by atoms with Crippen molar-refractivity contribution in [3.8, 4) is 0 Å². The molecule has 2 saturated heterocycles. The number of amides is 1. The predicted molar refractivity (Wildman–Crippen MR) is 88.7 cm³/mol. The first-order valence-electron chi connectivity index (χ1n) is 8.52. The summed E-state index contributed by atoms with van der Waals surface area (Å²) in [6.07, 6.45) is 3.71. The number of aromatic carboxylic acids is 1. The van der Waals surface area contributed by atoms with Crippen LogP contribution in [0, 0.1) is 0 Å². The average molecular weight is 332 g/mol. The van der Waals surface area contributed by atoms with Gasteiger partial charge >= 0.3 is 5.97 Å². The molecule has 3 rings (SSSR count). The Morgan fingerprint density at radius 2 is 1.88 bits per heavy atom. The summed E-state index contributed by atoms with van der Waals surface area (Å²) in [6, 6.07) is 3.07. The molecule has 0 spiro atoms. The van der Waals surface area contributed by atoms with Gasteiger partial charge in [0.25, 0.3) is 0 Å². The van der Waals surface area contributed by atoms with E-state index in [2.05, 4.69) is 14.8 Å². The first-order chi connectivity index (χ1) is 11.6. The first-order valence-corrected chi connectivity index (χ1v) is 8.52. The third kappa shape index (κ3) is 4.30. The summed E-state index contributed by atoms with van der Waals surface area (Å²) >= 11 is 0. The summed E-state index contributed by atoms with van der Waals surface area (Å²) in [4.78, 5) is 34.1. The number of carbonyl (C=O) groups excluding carboxylic acids is 1. The number of hydrogen-bond acceptors (Lipinski definition) is 5. The fourth-order valence-corrected chi connectivity index (χ4v) is 3.15. The number of carboxylic acids is 1. The second-order valence-corrected chi connectivity index (χ2v) is 6.48. The number of hydrogen-bond donors (Lipinski definition) is 1. The Hall–Kier alpha value is -1.99. The van der Waals surface area contributed by atoms with Crippen LogP contribution in [-0.4, -0.2) is 82.5 Å². The van der Waals surface area contributed by atoms with E-state index in [4.69, 9.17) is 5.11 Å². The van der Waals surface area contributed by atoms with Crippen LogP contribution in [0.3, 0.4) is 0 Å². The fourth-order valence-electron chi connectivity index (χ4n) is 3.15. The van der Waals surface area contributed by atoms with Crippen molar-refractivity contribution >= 4 is 11.9 Å². The van der Waals surface area contributed by atoms with Crippen LogP contribution in [0.15, 0.2) is 18.3 Å². The highest BCUT2D eigenvalue weighted by atomic mass is 16.4. The van der Waals surface area contributed by atoms with Crippen LogP contribution in [0.1, 0.15) is 28.9 Å². The van der Waals surface area contributed by atoms with E-state index in [-0.39, 0.29) is 11.5 Å². The van der Waals surface area contributed by atoms with Crippen LogP contribution in [0.25, 0.3) is 0 Å². The molecule has 2 fully saturated rings. The number of rotatable bonds is 6. The van der Waals surface area contributed by atoms with Crippen LogP contribution in [-0.2, 0) is 11.3 Å². The van der Waals surface area contributed by atoms with Crippen LogP contribution < -0.4 is 0 Å².